The summed E-state index contributed by atoms with van der Waals surface area (Å²) in [5.74, 6) is 1.30. The highest BCUT2D eigenvalue weighted by Crippen LogP contribution is 2.36. The van der Waals surface area contributed by atoms with E-state index in [-0.39, 0.29) is 0 Å². The van der Waals surface area contributed by atoms with E-state index >= 15 is 0 Å². The Balaban J connectivity index is 1.77. The van der Waals surface area contributed by atoms with Crippen LogP contribution in [-0.2, 0) is 4.74 Å². The highest BCUT2D eigenvalue weighted by Gasteiger charge is 2.37. The van der Waals surface area contributed by atoms with Gasteiger partial charge >= 0.3 is 0 Å². The largest absolute Gasteiger partial charge is 0.378 e. The number of anilines is 1. The molecule has 94 valence electrons. The molecule has 4 heteroatoms. The van der Waals surface area contributed by atoms with Crippen molar-refractivity contribution in [3.05, 3.63) is 23.9 Å². The van der Waals surface area contributed by atoms with E-state index in [4.69, 9.17) is 10.00 Å². The van der Waals surface area contributed by atoms with Crippen LogP contribution in [0, 0.1) is 17.2 Å². The Kier molecular flexibility index (Phi) is 3.16. The molecule has 0 bridgehead atoms. The molecule has 1 aromatic rings. The van der Waals surface area contributed by atoms with E-state index in [0.29, 0.717) is 23.6 Å². The molecule has 3 atom stereocenters. The zero-order valence-electron chi connectivity index (χ0n) is 10.3. The van der Waals surface area contributed by atoms with Crippen molar-refractivity contribution >= 4 is 5.82 Å². The third kappa shape index (κ3) is 2.06. The fourth-order valence-electron chi connectivity index (χ4n) is 3.14. The van der Waals surface area contributed by atoms with Crippen LogP contribution < -0.4 is 5.32 Å². The third-order valence-electron chi connectivity index (χ3n) is 4.03. The summed E-state index contributed by atoms with van der Waals surface area (Å²) in [4.78, 5) is 4.28. The third-order valence-corrected chi connectivity index (χ3v) is 4.03. The molecule has 3 rings (SSSR count). The van der Waals surface area contributed by atoms with Gasteiger partial charge in [0.1, 0.15) is 11.9 Å². The van der Waals surface area contributed by atoms with E-state index in [0.717, 1.165) is 25.3 Å². The van der Waals surface area contributed by atoms with Gasteiger partial charge in [-0.3, -0.25) is 0 Å². The van der Waals surface area contributed by atoms with Crippen molar-refractivity contribution in [2.75, 3.05) is 11.9 Å². The van der Waals surface area contributed by atoms with Crippen LogP contribution in [0.2, 0.25) is 0 Å². The Morgan fingerprint density at radius 3 is 3.22 bits per heavy atom. The van der Waals surface area contributed by atoms with Crippen molar-refractivity contribution in [1.29, 1.82) is 5.26 Å². The van der Waals surface area contributed by atoms with Gasteiger partial charge < -0.3 is 10.1 Å². The topological polar surface area (TPSA) is 57.9 Å². The van der Waals surface area contributed by atoms with Crippen LogP contribution in [0.4, 0.5) is 5.82 Å². The number of nitrogens with one attached hydrogen (secondary N) is 1. The van der Waals surface area contributed by atoms with Gasteiger partial charge in [-0.15, -0.1) is 0 Å². The minimum atomic E-state index is 0.397. The van der Waals surface area contributed by atoms with Crippen LogP contribution in [0.3, 0.4) is 0 Å². The van der Waals surface area contributed by atoms with E-state index in [9.17, 15) is 0 Å². The van der Waals surface area contributed by atoms with Gasteiger partial charge in [0.2, 0.25) is 0 Å². The fourth-order valence-corrected chi connectivity index (χ4v) is 3.14. The summed E-state index contributed by atoms with van der Waals surface area (Å²) in [6.45, 7) is 0.876. The maximum Gasteiger partial charge on any atom is 0.144 e. The molecule has 2 heterocycles. The van der Waals surface area contributed by atoms with Gasteiger partial charge in [-0.2, -0.15) is 5.26 Å². The van der Waals surface area contributed by atoms with Gasteiger partial charge in [0.25, 0.3) is 0 Å². The zero-order valence-corrected chi connectivity index (χ0v) is 10.3. The van der Waals surface area contributed by atoms with Gasteiger partial charge in [0.15, 0.2) is 0 Å². The average Bonchev–Trinajstić information content (AvgIpc) is 2.89. The summed E-state index contributed by atoms with van der Waals surface area (Å²) < 4.78 is 5.76. The van der Waals surface area contributed by atoms with Gasteiger partial charge in [0.05, 0.1) is 11.7 Å². The number of nitriles is 1. The number of hydrogen-bond acceptors (Lipinski definition) is 4. The normalized spacial score (nSPS) is 30.5. The van der Waals surface area contributed by atoms with Crippen LogP contribution >= 0.6 is 0 Å². The molecule has 4 nitrogen and oxygen atoms in total. The number of nitrogens with zero attached hydrogens (tertiary/aromatic N) is 2. The van der Waals surface area contributed by atoms with Crippen molar-refractivity contribution in [3.63, 3.8) is 0 Å². The van der Waals surface area contributed by atoms with Crippen LogP contribution in [0.25, 0.3) is 0 Å². The second kappa shape index (κ2) is 4.95. The fraction of sp³-hybridized carbons (Fsp3) is 0.571. The molecule has 0 unspecified atom stereocenters. The molecule has 1 aliphatic carbocycles. The first-order valence-corrected chi connectivity index (χ1v) is 6.62. The summed E-state index contributed by atoms with van der Waals surface area (Å²) in [7, 11) is 0. The molecule has 2 aliphatic rings. The number of ether oxygens (including phenoxy) is 1. The molecule has 0 spiro atoms. The van der Waals surface area contributed by atoms with Crippen molar-refractivity contribution in [3.8, 4) is 6.07 Å². The molecule has 0 radical (unpaired) electrons. The minimum absolute atomic E-state index is 0.397. The van der Waals surface area contributed by atoms with Crippen molar-refractivity contribution < 1.29 is 4.74 Å². The van der Waals surface area contributed by atoms with Gasteiger partial charge in [0, 0.05) is 24.8 Å². The molecule has 1 aliphatic heterocycles. The van der Waals surface area contributed by atoms with E-state index in [1.165, 1.54) is 12.8 Å². The lowest BCUT2D eigenvalue weighted by atomic mass is 9.82. The Hall–Kier alpha value is -1.60. The lowest BCUT2D eigenvalue weighted by Crippen LogP contribution is -2.38. The van der Waals surface area contributed by atoms with Crippen LogP contribution in [-0.4, -0.2) is 23.7 Å². The van der Waals surface area contributed by atoms with E-state index in [1.54, 1.807) is 18.3 Å². The molecule has 1 saturated heterocycles. The summed E-state index contributed by atoms with van der Waals surface area (Å²) in [6.07, 6.45) is 6.77. The SMILES string of the molecule is N#Cc1cccnc1N[C@@H]1CCC[C@H]2OCC[C@H]12. The highest BCUT2D eigenvalue weighted by molar-refractivity contribution is 5.51. The first-order valence-electron chi connectivity index (χ1n) is 6.62. The molecular weight excluding hydrogens is 226 g/mol. The van der Waals surface area contributed by atoms with Crippen molar-refractivity contribution in [1.82, 2.24) is 4.98 Å². The predicted octanol–water partition coefficient (Wildman–Crippen LogP) is 2.32. The summed E-state index contributed by atoms with van der Waals surface area (Å²) in [5, 5.41) is 12.5. The number of aromatic nitrogens is 1. The lowest BCUT2D eigenvalue weighted by Gasteiger charge is -2.33. The van der Waals surface area contributed by atoms with E-state index in [1.807, 2.05) is 0 Å². The minimum Gasteiger partial charge on any atom is -0.378 e. The first-order chi connectivity index (χ1) is 8.88. The average molecular weight is 243 g/mol. The van der Waals surface area contributed by atoms with Crippen molar-refractivity contribution in [2.24, 2.45) is 5.92 Å². The molecule has 1 saturated carbocycles. The number of hydrogen-bond donors (Lipinski definition) is 1. The zero-order chi connectivity index (χ0) is 12.4. The molecule has 18 heavy (non-hydrogen) atoms. The quantitative estimate of drug-likeness (QED) is 0.866. The summed E-state index contributed by atoms with van der Waals surface area (Å²) >= 11 is 0. The lowest BCUT2D eigenvalue weighted by molar-refractivity contribution is 0.0619. The number of rotatable bonds is 2. The van der Waals surface area contributed by atoms with Crippen molar-refractivity contribution in [2.45, 2.75) is 37.8 Å². The smallest absolute Gasteiger partial charge is 0.144 e. The maximum absolute atomic E-state index is 9.08. The van der Waals surface area contributed by atoms with Crippen LogP contribution in [0.15, 0.2) is 18.3 Å². The van der Waals surface area contributed by atoms with Gasteiger partial charge in [-0.05, 0) is 37.8 Å². The Labute approximate surface area is 107 Å². The number of pyridine rings is 1. The van der Waals surface area contributed by atoms with Crippen LogP contribution in [0.5, 0.6) is 0 Å². The Bertz CT molecular complexity index is 468. The summed E-state index contributed by atoms with van der Waals surface area (Å²) in [5.41, 5.74) is 0.624. The van der Waals surface area contributed by atoms with Gasteiger partial charge in [-0.1, -0.05) is 0 Å². The number of fused-ring (bicyclic) bond motifs is 1. The molecule has 0 amide bonds. The van der Waals surface area contributed by atoms with E-state index in [2.05, 4.69) is 16.4 Å². The molecule has 1 aromatic heterocycles. The molecular formula is C14H17N3O. The van der Waals surface area contributed by atoms with Gasteiger partial charge in [-0.25, -0.2) is 4.98 Å². The van der Waals surface area contributed by atoms with E-state index < -0.39 is 0 Å². The standard InChI is InChI=1S/C14H17N3O/c15-9-10-3-2-7-16-14(10)17-12-4-1-5-13-11(12)6-8-18-13/h2-3,7,11-13H,1,4-6,8H2,(H,16,17)/t11-,12-,13-/m1/s1. The Morgan fingerprint density at radius 1 is 1.39 bits per heavy atom. The second-order valence-corrected chi connectivity index (χ2v) is 5.05. The monoisotopic (exact) mass is 243 g/mol. The molecule has 1 N–H and O–H groups in total. The second-order valence-electron chi connectivity index (χ2n) is 5.05. The predicted molar refractivity (Wildman–Crippen MR) is 68.1 cm³/mol. The highest BCUT2D eigenvalue weighted by atomic mass is 16.5. The first kappa shape index (κ1) is 11.5. The maximum atomic E-state index is 9.08. The molecule has 2 fully saturated rings. The van der Waals surface area contributed by atoms with Crippen LogP contribution in [0.1, 0.15) is 31.2 Å². The Morgan fingerprint density at radius 2 is 2.33 bits per heavy atom. The molecule has 0 aromatic carbocycles. The summed E-state index contributed by atoms with van der Waals surface area (Å²) in [6, 6.07) is 6.19.